The summed E-state index contributed by atoms with van der Waals surface area (Å²) in [4.78, 5) is 4.45. The van der Waals surface area contributed by atoms with Crippen molar-refractivity contribution in [3.8, 4) is 34.2 Å². The Morgan fingerprint density at radius 3 is 2.41 bits per heavy atom. The second-order valence-electron chi connectivity index (χ2n) is 6.22. The van der Waals surface area contributed by atoms with Crippen LogP contribution in [0.5, 0.6) is 5.75 Å². The molecule has 0 saturated carbocycles. The van der Waals surface area contributed by atoms with Crippen LogP contribution < -0.4 is 10.5 Å². The summed E-state index contributed by atoms with van der Waals surface area (Å²) in [5, 5.41) is 9.58. The molecule has 3 aromatic rings. The van der Waals surface area contributed by atoms with Crippen LogP contribution in [0.15, 0.2) is 53.0 Å². The van der Waals surface area contributed by atoms with Crippen LogP contribution in [0.4, 0.5) is 5.82 Å². The van der Waals surface area contributed by atoms with Crippen LogP contribution >= 0.6 is 15.9 Å². The molecule has 0 saturated heterocycles. The number of benzene rings is 2. The van der Waals surface area contributed by atoms with Crippen LogP contribution in [0.3, 0.4) is 0 Å². The van der Waals surface area contributed by atoms with Gasteiger partial charge < -0.3 is 10.5 Å². The topological polar surface area (TPSA) is 71.9 Å². The van der Waals surface area contributed by atoms with Crippen molar-refractivity contribution < 1.29 is 4.74 Å². The normalized spacial score (nSPS) is 10.4. The number of nitriles is 1. The van der Waals surface area contributed by atoms with Crippen LogP contribution in [0, 0.1) is 11.3 Å². The Morgan fingerprint density at radius 1 is 1.11 bits per heavy atom. The van der Waals surface area contributed by atoms with E-state index in [0.29, 0.717) is 5.56 Å². The van der Waals surface area contributed by atoms with Crippen molar-refractivity contribution in [3.05, 3.63) is 64.1 Å². The first-order valence-electron chi connectivity index (χ1n) is 8.71. The molecule has 3 rings (SSSR count). The van der Waals surface area contributed by atoms with Crippen molar-refractivity contribution in [2.75, 3.05) is 12.8 Å². The van der Waals surface area contributed by atoms with E-state index in [1.165, 1.54) is 5.56 Å². The third-order valence-electron chi connectivity index (χ3n) is 4.41. The van der Waals surface area contributed by atoms with Gasteiger partial charge in [-0.1, -0.05) is 43.7 Å². The van der Waals surface area contributed by atoms with Crippen molar-refractivity contribution >= 4 is 21.7 Å². The number of hydrogen-bond donors (Lipinski definition) is 1. The molecule has 0 atom stereocenters. The van der Waals surface area contributed by atoms with Gasteiger partial charge in [-0.05, 0) is 51.7 Å². The quantitative estimate of drug-likeness (QED) is 0.582. The summed E-state index contributed by atoms with van der Waals surface area (Å²) >= 11 is 3.50. The van der Waals surface area contributed by atoms with Gasteiger partial charge in [0.15, 0.2) is 0 Å². The first-order valence-corrected chi connectivity index (χ1v) is 9.50. The maximum Gasteiger partial charge on any atom is 0.142 e. The second kappa shape index (κ2) is 8.24. The Hall–Kier alpha value is -2.84. The lowest BCUT2D eigenvalue weighted by atomic mass is 9.98. The van der Waals surface area contributed by atoms with Gasteiger partial charge in [-0.2, -0.15) is 5.26 Å². The Bertz CT molecular complexity index is 1010. The Morgan fingerprint density at radius 2 is 1.81 bits per heavy atom. The highest BCUT2D eigenvalue weighted by atomic mass is 79.9. The van der Waals surface area contributed by atoms with Gasteiger partial charge in [0.25, 0.3) is 0 Å². The average molecular weight is 422 g/mol. The highest BCUT2D eigenvalue weighted by Gasteiger charge is 2.14. The van der Waals surface area contributed by atoms with Gasteiger partial charge in [0.1, 0.15) is 23.2 Å². The zero-order chi connectivity index (χ0) is 19.4. The van der Waals surface area contributed by atoms with Crippen molar-refractivity contribution in [3.63, 3.8) is 0 Å². The molecule has 27 heavy (non-hydrogen) atoms. The van der Waals surface area contributed by atoms with E-state index in [-0.39, 0.29) is 5.82 Å². The summed E-state index contributed by atoms with van der Waals surface area (Å²) < 4.78 is 6.10. The van der Waals surface area contributed by atoms with E-state index < -0.39 is 0 Å². The number of pyridine rings is 1. The molecule has 0 spiro atoms. The van der Waals surface area contributed by atoms with E-state index in [0.717, 1.165) is 45.4 Å². The highest BCUT2D eigenvalue weighted by Crippen LogP contribution is 2.35. The van der Waals surface area contributed by atoms with Crippen molar-refractivity contribution in [1.82, 2.24) is 4.98 Å². The minimum atomic E-state index is 0.231. The fourth-order valence-electron chi connectivity index (χ4n) is 3.02. The number of methoxy groups -OCH3 is 1. The molecule has 136 valence electrons. The Kier molecular flexibility index (Phi) is 5.78. The molecule has 0 aliphatic heterocycles. The lowest BCUT2D eigenvalue weighted by Gasteiger charge is -2.12. The monoisotopic (exact) mass is 421 g/mol. The predicted octanol–water partition coefficient (Wildman–Crippen LogP) is 5.59. The maximum absolute atomic E-state index is 9.58. The van der Waals surface area contributed by atoms with Gasteiger partial charge >= 0.3 is 0 Å². The van der Waals surface area contributed by atoms with Crippen molar-refractivity contribution in [1.29, 1.82) is 5.26 Å². The number of ether oxygens (including phenoxy) is 1. The maximum atomic E-state index is 9.58. The molecule has 0 aliphatic rings. The van der Waals surface area contributed by atoms with Crippen LogP contribution in [0.2, 0.25) is 0 Å². The first-order chi connectivity index (χ1) is 13.1. The molecule has 1 aromatic heterocycles. The molecule has 1 heterocycles. The van der Waals surface area contributed by atoms with Crippen LogP contribution in [0.1, 0.15) is 24.5 Å². The van der Waals surface area contributed by atoms with E-state index in [4.69, 9.17) is 10.5 Å². The molecule has 0 radical (unpaired) electrons. The standard InChI is InChI=1S/C22H20BrN3O/c1-3-4-14-5-7-15(8-6-14)20-12-17(18(13-24)22(25)26-20)16-9-10-21(27-2)19(23)11-16/h5-12H,3-4H2,1-2H3,(H2,25,26). The number of aromatic nitrogens is 1. The number of halogens is 1. The number of nitrogens with two attached hydrogens (primary N) is 1. The summed E-state index contributed by atoms with van der Waals surface area (Å²) in [5.41, 5.74) is 11.1. The molecule has 5 heteroatoms. The number of nitrogens with zero attached hydrogens (tertiary/aromatic N) is 2. The van der Waals surface area contributed by atoms with Crippen LogP contribution in [0.25, 0.3) is 22.4 Å². The zero-order valence-corrected chi connectivity index (χ0v) is 16.9. The fraction of sp³-hybridized carbons (Fsp3) is 0.182. The fourth-order valence-corrected chi connectivity index (χ4v) is 3.56. The highest BCUT2D eigenvalue weighted by molar-refractivity contribution is 9.10. The molecule has 0 aliphatic carbocycles. The van der Waals surface area contributed by atoms with E-state index in [9.17, 15) is 5.26 Å². The largest absolute Gasteiger partial charge is 0.496 e. The molecular weight excluding hydrogens is 402 g/mol. The van der Waals surface area contributed by atoms with E-state index in [1.807, 2.05) is 36.4 Å². The molecule has 2 N–H and O–H groups in total. The van der Waals surface area contributed by atoms with Gasteiger partial charge in [0.2, 0.25) is 0 Å². The molecule has 2 aromatic carbocycles. The molecule has 4 nitrogen and oxygen atoms in total. The summed E-state index contributed by atoms with van der Waals surface area (Å²) in [6.07, 6.45) is 2.16. The van der Waals surface area contributed by atoms with Gasteiger partial charge in [-0.3, -0.25) is 0 Å². The number of rotatable bonds is 5. The Balaban J connectivity index is 2.11. The lowest BCUT2D eigenvalue weighted by molar-refractivity contribution is 0.412. The number of hydrogen-bond acceptors (Lipinski definition) is 4. The average Bonchev–Trinajstić information content (AvgIpc) is 2.68. The summed E-state index contributed by atoms with van der Waals surface area (Å²) in [6, 6.07) is 18.1. The molecule has 0 unspecified atom stereocenters. The summed E-state index contributed by atoms with van der Waals surface area (Å²) in [6.45, 7) is 2.16. The van der Waals surface area contributed by atoms with E-state index in [2.05, 4.69) is 46.0 Å². The number of nitrogen functional groups attached to an aromatic ring is 1. The Labute approximate surface area is 167 Å². The summed E-state index contributed by atoms with van der Waals surface area (Å²) in [5.74, 6) is 0.959. The van der Waals surface area contributed by atoms with Crippen LogP contribution in [-0.2, 0) is 6.42 Å². The predicted molar refractivity (Wildman–Crippen MR) is 112 cm³/mol. The molecule has 0 bridgehead atoms. The molecule has 0 amide bonds. The number of anilines is 1. The van der Waals surface area contributed by atoms with Crippen molar-refractivity contribution in [2.24, 2.45) is 0 Å². The summed E-state index contributed by atoms with van der Waals surface area (Å²) in [7, 11) is 1.62. The molecular formula is C22H20BrN3O. The third-order valence-corrected chi connectivity index (χ3v) is 5.03. The number of aryl methyl sites for hydroxylation is 1. The van der Waals surface area contributed by atoms with E-state index >= 15 is 0 Å². The zero-order valence-electron chi connectivity index (χ0n) is 15.3. The second-order valence-corrected chi connectivity index (χ2v) is 7.08. The molecule has 0 fully saturated rings. The van der Waals surface area contributed by atoms with Gasteiger partial charge in [-0.15, -0.1) is 0 Å². The minimum Gasteiger partial charge on any atom is -0.496 e. The first kappa shape index (κ1) is 18.9. The van der Waals surface area contributed by atoms with Gasteiger partial charge in [-0.25, -0.2) is 4.98 Å². The SMILES string of the molecule is CCCc1ccc(-c2cc(-c3ccc(OC)c(Br)c3)c(C#N)c(N)n2)cc1. The van der Waals surface area contributed by atoms with Gasteiger partial charge in [0, 0.05) is 11.1 Å². The van der Waals surface area contributed by atoms with Gasteiger partial charge in [0.05, 0.1) is 17.3 Å². The van der Waals surface area contributed by atoms with Crippen molar-refractivity contribution in [2.45, 2.75) is 19.8 Å². The third kappa shape index (κ3) is 3.96. The minimum absolute atomic E-state index is 0.231. The lowest BCUT2D eigenvalue weighted by Crippen LogP contribution is -2.00. The van der Waals surface area contributed by atoms with E-state index in [1.54, 1.807) is 7.11 Å². The smallest absolute Gasteiger partial charge is 0.142 e. The van der Waals surface area contributed by atoms with Crippen LogP contribution in [-0.4, -0.2) is 12.1 Å².